The number of allylic oxidation sites excluding steroid dienone is 2. The molecule has 0 spiro atoms. The van der Waals surface area contributed by atoms with E-state index in [1.165, 1.54) is 35.6 Å². The maximum absolute atomic E-state index is 10.8. The number of rotatable bonds is 9. The molecule has 1 aliphatic heterocycles. The highest BCUT2D eigenvalue weighted by atomic mass is 16.5. The van der Waals surface area contributed by atoms with E-state index in [1.807, 2.05) is 40.7 Å². The molecule has 1 unspecified atom stereocenters. The molecule has 1 atom stereocenters. The van der Waals surface area contributed by atoms with E-state index in [1.54, 1.807) is 49.9 Å². The molecule has 0 saturated carbocycles. The number of esters is 1. The Balaban J connectivity index is 0.000000969. The van der Waals surface area contributed by atoms with Gasteiger partial charge in [-0.25, -0.2) is 9.78 Å². The number of nitrogens with two attached hydrogens (primary N) is 1. The lowest BCUT2D eigenvalue weighted by Crippen LogP contribution is -2.45. The number of hydrogen-bond donors (Lipinski definition) is 1. The second-order valence-electron chi connectivity index (χ2n) is 10.5. The molecular formula is C39H62N4O4. The summed E-state index contributed by atoms with van der Waals surface area (Å²) in [6.07, 6.45) is 12.4. The highest BCUT2D eigenvalue weighted by Gasteiger charge is 2.21. The molecule has 8 heteroatoms. The van der Waals surface area contributed by atoms with Crippen LogP contribution in [0, 0.1) is 19.8 Å². The Morgan fingerprint density at radius 2 is 1.60 bits per heavy atom. The smallest absolute Gasteiger partial charge is 0.337 e. The van der Waals surface area contributed by atoms with Gasteiger partial charge in [-0.05, 0) is 67.8 Å². The number of oxazole rings is 1. The van der Waals surface area contributed by atoms with Gasteiger partial charge < -0.3 is 19.6 Å². The third-order valence-electron chi connectivity index (χ3n) is 7.50. The highest BCUT2D eigenvalue weighted by Crippen LogP contribution is 2.31. The molecule has 1 aromatic heterocycles. The molecule has 47 heavy (non-hydrogen) atoms. The van der Waals surface area contributed by atoms with Gasteiger partial charge in [-0.15, -0.1) is 0 Å². The normalized spacial score (nSPS) is 13.5. The second-order valence-corrected chi connectivity index (χ2v) is 10.5. The lowest BCUT2D eigenvalue weighted by molar-refractivity contribution is 0.0600. The summed E-state index contributed by atoms with van der Waals surface area (Å²) in [4.78, 5) is 20.0. The number of aryl methyl sites for hydroxylation is 1. The van der Waals surface area contributed by atoms with Gasteiger partial charge in [-0.1, -0.05) is 84.4 Å². The van der Waals surface area contributed by atoms with Crippen molar-refractivity contribution in [2.75, 3.05) is 40.4 Å². The number of nitrogens with zero attached hydrogens (tertiary/aromatic N) is 3. The predicted octanol–water partition coefficient (Wildman–Crippen LogP) is 8.68. The fourth-order valence-electron chi connectivity index (χ4n) is 4.47. The summed E-state index contributed by atoms with van der Waals surface area (Å²) >= 11 is 0. The van der Waals surface area contributed by atoms with Crippen LogP contribution >= 0.6 is 0 Å². The van der Waals surface area contributed by atoms with Crippen molar-refractivity contribution in [3.63, 3.8) is 0 Å². The zero-order valence-electron chi connectivity index (χ0n) is 31.0. The Hall–Kier alpha value is -3.88. The summed E-state index contributed by atoms with van der Waals surface area (Å²) in [6.45, 7) is 24.6. The van der Waals surface area contributed by atoms with Crippen molar-refractivity contribution in [2.24, 2.45) is 11.7 Å². The summed E-state index contributed by atoms with van der Waals surface area (Å²) < 4.78 is 15.7. The topological polar surface area (TPSA) is 94.1 Å². The minimum absolute atomic E-state index is 0.291. The molecule has 1 fully saturated rings. The summed E-state index contributed by atoms with van der Waals surface area (Å²) in [6, 6.07) is 11.1. The summed E-state index contributed by atoms with van der Waals surface area (Å²) in [5, 5.41) is 0. The number of carbonyl (C=O) groups excluding carboxylic acids is 1. The van der Waals surface area contributed by atoms with Gasteiger partial charge >= 0.3 is 5.97 Å². The average molecular weight is 651 g/mol. The molecule has 2 N–H and O–H groups in total. The van der Waals surface area contributed by atoms with Gasteiger partial charge in [-0.3, -0.25) is 9.80 Å². The molecule has 8 nitrogen and oxygen atoms in total. The lowest BCUT2D eigenvalue weighted by Gasteiger charge is -2.34. The molecule has 2 aromatic carbocycles. The molecular weight excluding hydrogens is 588 g/mol. The van der Waals surface area contributed by atoms with Crippen LogP contribution in [0.15, 0.2) is 71.6 Å². The average Bonchev–Trinajstić information content (AvgIpc) is 3.65. The standard InChI is InChI=1S/C24H35N3O2.C8H8O2.C3H7N.2C2H6/c1-6-18(2)7-8-21-20(4)19(3)15-23(28-5)22(21)16-26-10-12-27(13-11-26)17-24-25-9-14-29-24;1-10-8(9)7-5-3-2-4-6-7;1-2-3-4;2*1-2/h7-9,14-15,18H,6,10-13,16-17H2,1-5H3;2-6H,1H3;2-3H,4H2,1H3;2*1-2H3/b8-7-;;3-2-;;. The summed E-state index contributed by atoms with van der Waals surface area (Å²) in [7, 11) is 3.15. The van der Waals surface area contributed by atoms with Crippen LogP contribution in [-0.2, 0) is 17.8 Å². The maximum atomic E-state index is 10.8. The molecule has 4 rings (SSSR count). The molecule has 2 heterocycles. The van der Waals surface area contributed by atoms with Crippen LogP contribution < -0.4 is 10.5 Å². The SMILES string of the molecule is C/C=C\N.CC.CC.CCC(C)/C=C\c1c(C)c(C)cc(OC)c1CN1CCN(Cc2ncco2)CC1.COC(=O)c1ccccc1. The number of carbonyl (C=O) groups is 1. The van der Waals surface area contributed by atoms with E-state index in [4.69, 9.17) is 14.9 Å². The Kier molecular flexibility index (Phi) is 24.1. The van der Waals surface area contributed by atoms with Gasteiger partial charge in [-0.2, -0.15) is 0 Å². The monoisotopic (exact) mass is 650 g/mol. The Morgan fingerprint density at radius 3 is 2.06 bits per heavy atom. The van der Waals surface area contributed by atoms with Crippen molar-refractivity contribution < 1.29 is 18.7 Å². The van der Waals surface area contributed by atoms with Crippen molar-refractivity contribution in [1.29, 1.82) is 0 Å². The third-order valence-corrected chi connectivity index (χ3v) is 7.50. The van der Waals surface area contributed by atoms with Crippen molar-refractivity contribution in [2.45, 2.75) is 81.8 Å². The number of benzene rings is 2. The first-order valence-electron chi connectivity index (χ1n) is 16.9. The predicted molar refractivity (Wildman–Crippen MR) is 197 cm³/mol. The van der Waals surface area contributed by atoms with Gasteiger partial charge in [0.15, 0.2) is 0 Å². The van der Waals surface area contributed by atoms with Crippen LogP contribution in [-0.4, -0.2) is 61.2 Å². The largest absolute Gasteiger partial charge is 0.496 e. The minimum Gasteiger partial charge on any atom is -0.496 e. The minimum atomic E-state index is -0.291. The summed E-state index contributed by atoms with van der Waals surface area (Å²) in [5.74, 6) is 2.08. The molecule has 262 valence electrons. The molecule has 3 aromatic rings. The maximum Gasteiger partial charge on any atom is 0.337 e. The molecule has 0 bridgehead atoms. The van der Waals surface area contributed by atoms with Crippen LogP contribution in [0.1, 0.15) is 93.4 Å². The quantitative estimate of drug-likeness (QED) is 0.230. The van der Waals surface area contributed by atoms with Crippen molar-refractivity contribution in [1.82, 2.24) is 14.8 Å². The van der Waals surface area contributed by atoms with Gasteiger partial charge in [0.25, 0.3) is 0 Å². The first kappa shape index (κ1) is 43.1. The Bertz CT molecular complexity index is 1260. The van der Waals surface area contributed by atoms with Crippen LogP contribution in [0.4, 0.5) is 0 Å². The highest BCUT2D eigenvalue weighted by molar-refractivity contribution is 5.89. The van der Waals surface area contributed by atoms with Crippen LogP contribution in [0.25, 0.3) is 6.08 Å². The van der Waals surface area contributed by atoms with Crippen LogP contribution in [0.5, 0.6) is 5.75 Å². The molecule has 0 amide bonds. The first-order valence-corrected chi connectivity index (χ1v) is 16.9. The van der Waals surface area contributed by atoms with Gasteiger partial charge in [0, 0.05) is 38.3 Å². The number of ether oxygens (including phenoxy) is 2. The van der Waals surface area contributed by atoms with Crippen molar-refractivity contribution in [3.8, 4) is 5.75 Å². The number of piperazine rings is 1. The Morgan fingerprint density at radius 1 is 1.02 bits per heavy atom. The first-order chi connectivity index (χ1) is 22.8. The number of methoxy groups -OCH3 is 2. The third kappa shape index (κ3) is 16.0. The van der Waals surface area contributed by atoms with E-state index in [2.05, 4.69) is 65.4 Å². The van der Waals surface area contributed by atoms with Crippen molar-refractivity contribution >= 4 is 12.0 Å². The van der Waals surface area contributed by atoms with Crippen LogP contribution in [0.2, 0.25) is 0 Å². The van der Waals surface area contributed by atoms with Gasteiger partial charge in [0.2, 0.25) is 5.89 Å². The van der Waals surface area contributed by atoms with Gasteiger partial charge in [0.05, 0.1) is 32.5 Å². The lowest BCUT2D eigenvalue weighted by atomic mass is 9.94. The van der Waals surface area contributed by atoms with Crippen LogP contribution in [0.3, 0.4) is 0 Å². The fraction of sp³-hybridized carbons (Fsp3) is 0.487. The molecule has 1 aliphatic rings. The summed E-state index contributed by atoms with van der Waals surface area (Å²) in [5.41, 5.74) is 10.7. The van der Waals surface area contributed by atoms with E-state index < -0.39 is 0 Å². The second kappa shape index (κ2) is 26.2. The fourth-order valence-corrected chi connectivity index (χ4v) is 4.47. The molecule has 0 aliphatic carbocycles. The van der Waals surface area contributed by atoms with E-state index in [-0.39, 0.29) is 5.97 Å². The van der Waals surface area contributed by atoms with Gasteiger partial charge in [0.1, 0.15) is 12.0 Å². The number of aromatic nitrogens is 1. The zero-order chi connectivity index (χ0) is 35.6. The molecule has 0 radical (unpaired) electrons. The van der Waals surface area contributed by atoms with E-state index >= 15 is 0 Å². The zero-order valence-corrected chi connectivity index (χ0v) is 31.0. The van der Waals surface area contributed by atoms with E-state index in [9.17, 15) is 4.79 Å². The van der Waals surface area contributed by atoms with Crippen molar-refractivity contribution in [3.05, 3.63) is 101 Å². The van der Waals surface area contributed by atoms with E-state index in [0.717, 1.165) is 57.3 Å². The number of hydrogen-bond acceptors (Lipinski definition) is 8. The Labute approximate surface area is 285 Å². The van der Waals surface area contributed by atoms with E-state index in [0.29, 0.717) is 11.5 Å². The molecule has 1 saturated heterocycles.